The average Bonchev–Trinajstić information content (AvgIpc) is 2.67. The fourth-order valence-corrected chi connectivity index (χ4v) is 2.19. The van der Waals surface area contributed by atoms with Gasteiger partial charge in [0.05, 0.1) is 16.9 Å². The summed E-state index contributed by atoms with van der Waals surface area (Å²) in [4.78, 5) is 22.1. The molecule has 5 nitrogen and oxygen atoms in total. The summed E-state index contributed by atoms with van der Waals surface area (Å²) in [7, 11) is 0. The summed E-state index contributed by atoms with van der Waals surface area (Å²) in [6.07, 6.45) is 4.69. The molecule has 2 rings (SSSR count). The first-order valence-corrected chi connectivity index (χ1v) is 5.47. The lowest BCUT2D eigenvalue weighted by Crippen LogP contribution is -2.25. The van der Waals surface area contributed by atoms with Crippen LogP contribution < -0.4 is 0 Å². The van der Waals surface area contributed by atoms with Crippen molar-refractivity contribution in [2.75, 3.05) is 0 Å². The zero-order valence-electron chi connectivity index (χ0n) is 9.50. The van der Waals surface area contributed by atoms with Gasteiger partial charge in [0.25, 0.3) is 5.69 Å². The Kier molecular flexibility index (Phi) is 3.13. The first-order chi connectivity index (χ1) is 8.54. The number of benzene rings is 1. The Hall–Kier alpha value is -2.19. The van der Waals surface area contributed by atoms with E-state index in [4.69, 9.17) is 6.42 Å². The van der Waals surface area contributed by atoms with Gasteiger partial charge in [-0.2, -0.15) is 0 Å². The van der Waals surface area contributed by atoms with Crippen LogP contribution in [0.25, 0.3) is 0 Å². The number of Topliss-reactive ketones (excluding diaryl/α,β-unsaturated/α-hetero) is 1. The van der Waals surface area contributed by atoms with Crippen LogP contribution >= 0.6 is 0 Å². The molecule has 1 N–H and O–H groups in total. The van der Waals surface area contributed by atoms with E-state index in [0.29, 0.717) is 12.0 Å². The topological polar surface area (TPSA) is 80.4 Å². The number of non-ortho nitro benzene ring substituents is 1. The normalized spacial score (nSPS) is 19.1. The van der Waals surface area contributed by atoms with Gasteiger partial charge in [-0.3, -0.25) is 14.9 Å². The predicted octanol–water partition coefficient (Wildman–Crippen LogP) is 1.33. The van der Waals surface area contributed by atoms with Crippen LogP contribution in [0.4, 0.5) is 5.69 Å². The quantitative estimate of drug-likeness (QED) is 0.495. The Morgan fingerprint density at radius 1 is 1.61 bits per heavy atom. The van der Waals surface area contributed by atoms with Gasteiger partial charge in [0, 0.05) is 24.1 Å². The van der Waals surface area contributed by atoms with Crippen molar-refractivity contribution in [1.82, 2.24) is 0 Å². The molecule has 92 valence electrons. The van der Waals surface area contributed by atoms with E-state index in [9.17, 15) is 20.0 Å². The van der Waals surface area contributed by atoms with E-state index >= 15 is 0 Å². The Balaban J connectivity index is 2.31. The smallest absolute Gasteiger partial charge is 0.270 e. The second kappa shape index (κ2) is 4.59. The van der Waals surface area contributed by atoms with Crippen LogP contribution in [-0.2, 0) is 6.42 Å². The second-order valence-corrected chi connectivity index (χ2v) is 4.25. The zero-order valence-corrected chi connectivity index (χ0v) is 9.50. The highest BCUT2D eigenvalue weighted by Crippen LogP contribution is 2.32. The highest BCUT2D eigenvalue weighted by Gasteiger charge is 2.36. The number of hydrogen-bond donors (Lipinski definition) is 1. The molecule has 18 heavy (non-hydrogen) atoms. The van der Waals surface area contributed by atoms with Crippen molar-refractivity contribution in [3.63, 3.8) is 0 Å². The second-order valence-electron chi connectivity index (χ2n) is 4.25. The number of nitro groups is 1. The van der Waals surface area contributed by atoms with E-state index in [1.54, 1.807) is 6.07 Å². The van der Waals surface area contributed by atoms with E-state index in [1.807, 2.05) is 0 Å². The summed E-state index contributed by atoms with van der Waals surface area (Å²) in [5.74, 6) is 1.46. The molecular weight excluding hydrogens is 234 g/mol. The summed E-state index contributed by atoms with van der Waals surface area (Å²) in [5, 5.41) is 20.4. The maximum Gasteiger partial charge on any atom is 0.270 e. The highest BCUT2D eigenvalue weighted by molar-refractivity contribution is 6.03. The van der Waals surface area contributed by atoms with Crippen LogP contribution in [0, 0.1) is 28.4 Å². The van der Waals surface area contributed by atoms with Crippen LogP contribution in [-0.4, -0.2) is 21.9 Å². The number of rotatable bonds is 3. The largest absolute Gasteiger partial charge is 0.391 e. The lowest BCUT2D eigenvalue weighted by atomic mass is 9.96. The van der Waals surface area contributed by atoms with Gasteiger partial charge in [-0.1, -0.05) is 6.07 Å². The van der Waals surface area contributed by atoms with Gasteiger partial charge >= 0.3 is 0 Å². The molecule has 2 atom stereocenters. The van der Waals surface area contributed by atoms with Crippen molar-refractivity contribution in [2.24, 2.45) is 5.92 Å². The van der Waals surface area contributed by atoms with Gasteiger partial charge in [-0.05, 0) is 12.0 Å². The number of carbonyl (C=O) groups excluding carboxylic acids is 1. The molecule has 0 amide bonds. The van der Waals surface area contributed by atoms with E-state index in [1.165, 1.54) is 12.1 Å². The number of carbonyl (C=O) groups is 1. The molecule has 0 aliphatic heterocycles. The molecule has 1 aromatic carbocycles. The standard InChI is InChI=1S/C13H11NO4/c1-2-3-12(15)11-6-8-4-5-9(14(17)18)7-10(8)13(11)16/h1,4-5,7,11-12,15H,3,6H2. The summed E-state index contributed by atoms with van der Waals surface area (Å²) in [6.45, 7) is 0. The molecule has 1 aromatic rings. The monoisotopic (exact) mass is 245 g/mol. The number of aliphatic hydroxyl groups is 1. The minimum absolute atomic E-state index is 0.104. The van der Waals surface area contributed by atoms with Gasteiger partial charge in [0.2, 0.25) is 0 Å². The Bertz CT molecular complexity index is 559. The molecule has 0 bridgehead atoms. The van der Waals surface area contributed by atoms with Crippen LogP contribution in [0.3, 0.4) is 0 Å². The third-order valence-corrected chi connectivity index (χ3v) is 3.14. The fourth-order valence-electron chi connectivity index (χ4n) is 2.19. The minimum Gasteiger partial charge on any atom is -0.391 e. The molecule has 0 fully saturated rings. The highest BCUT2D eigenvalue weighted by atomic mass is 16.6. The summed E-state index contributed by atoms with van der Waals surface area (Å²) < 4.78 is 0. The molecule has 5 heteroatoms. The van der Waals surface area contributed by atoms with Gasteiger partial charge < -0.3 is 5.11 Å². The van der Waals surface area contributed by atoms with Crippen molar-refractivity contribution in [3.8, 4) is 12.3 Å². The third kappa shape index (κ3) is 1.98. The number of hydrogen-bond acceptors (Lipinski definition) is 4. The van der Waals surface area contributed by atoms with Crippen molar-refractivity contribution in [3.05, 3.63) is 39.4 Å². The molecule has 0 saturated carbocycles. The molecule has 1 aliphatic carbocycles. The molecule has 0 saturated heterocycles. The van der Waals surface area contributed by atoms with E-state index < -0.39 is 16.9 Å². The van der Waals surface area contributed by atoms with Crippen LogP contribution in [0.5, 0.6) is 0 Å². The maximum atomic E-state index is 12.0. The fraction of sp³-hybridized carbons (Fsp3) is 0.308. The SMILES string of the molecule is C#CCC(O)C1Cc2ccc([N+](=O)[O-])cc2C1=O. The van der Waals surface area contributed by atoms with Crippen LogP contribution in [0.1, 0.15) is 22.3 Å². The van der Waals surface area contributed by atoms with Crippen LogP contribution in [0.2, 0.25) is 0 Å². The van der Waals surface area contributed by atoms with Crippen molar-refractivity contribution >= 4 is 11.5 Å². The molecule has 0 spiro atoms. The van der Waals surface area contributed by atoms with Crippen molar-refractivity contribution in [1.29, 1.82) is 0 Å². The Morgan fingerprint density at radius 2 is 2.33 bits per heavy atom. The molecule has 0 aromatic heterocycles. The maximum absolute atomic E-state index is 12.0. The lowest BCUT2D eigenvalue weighted by molar-refractivity contribution is -0.384. The summed E-state index contributed by atoms with van der Waals surface area (Å²) in [6, 6.07) is 4.19. The summed E-state index contributed by atoms with van der Waals surface area (Å²) in [5.41, 5.74) is 0.936. The number of nitro benzene ring substituents is 1. The number of terminal acetylenes is 1. The third-order valence-electron chi connectivity index (χ3n) is 3.14. The van der Waals surface area contributed by atoms with Crippen LogP contribution in [0.15, 0.2) is 18.2 Å². The Labute approximate surface area is 104 Å². The van der Waals surface area contributed by atoms with Crippen molar-refractivity contribution < 1.29 is 14.8 Å². The van der Waals surface area contributed by atoms with Gasteiger partial charge in [-0.15, -0.1) is 12.3 Å². The Morgan fingerprint density at radius 3 is 2.94 bits per heavy atom. The average molecular weight is 245 g/mol. The molecule has 2 unspecified atom stereocenters. The van der Waals surface area contributed by atoms with Gasteiger partial charge in [0.15, 0.2) is 5.78 Å². The van der Waals surface area contributed by atoms with Gasteiger partial charge in [-0.25, -0.2) is 0 Å². The number of fused-ring (bicyclic) bond motifs is 1. The van der Waals surface area contributed by atoms with Gasteiger partial charge in [0.1, 0.15) is 0 Å². The predicted molar refractivity (Wildman–Crippen MR) is 64.1 cm³/mol. The number of aliphatic hydroxyl groups excluding tert-OH is 1. The minimum atomic E-state index is -0.894. The lowest BCUT2D eigenvalue weighted by Gasteiger charge is -2.13. The van der Waals surface area contributed by atoms with E-state index in [2.05, 4.69) is 5.92 Å². The molecule has 0 heterocycles. The summed E-state index contributed by atoms with van der Waals surface area (Å²) >= 11 is 0. The number of ketones is 1. The molecule has 1 aliphatic rings. The molecule has 0 radical (unpaired) electrons. The zero-order chi connectivity index (χ0) is 13.3. The van der Waals surface area contributed by atoms with Crippen molar-refractivity contribution in [2.45, 2.75) is 18.9 Å². The number of nitrogens with zero attached hydrogens (tertiary/aromatic N) is 1. The molecular formula is C13H11NO4. The first kappa shape index (κ1) is 12.3. The van der Waals surface area contributed by atoms with E-state index in [-0.39, 0.29) is 17.9 Å². The van der Waals surface area contributed by atoms with E-state index in [0.717, 1.165) is 5.56 Å². The first-order valence-electron chi connectivity index (χ1n) is 5.47.